The van der Waals surface area contributed by atoms with Crippen LogP contribution in [0.25, 0.3) is 0 Å². The lowest BCUT2D eigenvalue weighted by atomic mass is 10.1. The molecule has 0 bridgehead atoms. The van der Waals surface area contributed by atoms with Crippen LogP contribution in [-0.4, -0.2) is 12.1 Å². The third-order valence-electron chi connectivity index (χ3n) is 2.57. The minimum absolute atomic E-state index is 0.114. The number of halogens is 2. The molecule has 0 fully saturated rings. The van der Waals surface area contributed by atoms with Crippen LogP contribution < -0.4 is 4.57 Å². The number of pyridine rings is 1. The lowest BCUT2D eigenvalue weighted by Crippen LogP contribution is -2.37. The summed E-state index contributed by atoms with van der Waals surface area (Å²) >= 11 is 11.8. The molecule has 96 valence electrons. The van der Waals surface area contributed by atoms with Crippen LogP contribution in [0.15, 0.2) is 42.7 Å². The van der Waals surface area contributed by atoms with Gasteiger partial charge in [0.25, 0.3) is 0 Å². The number of nitrogens with zero attached hydrogens (tertiary/aromatic N) is 1. The van der Waals surface area contributed by atoms with Crippen molar-refractivity contribution in [2.45, 2.75) is 6.54 Å². The van der Waals surface area contributed by atoms with Crippen LogP contribution in [0.3, 0.4) is 0 Å². The lowest BCUT2D eigenvalue weighted by Gasteiger charge is -2.02. The quantitative estimate of drug-likeness (QED) is 0.494. The maximum Gasteiger partial charge on any atom is 0.229 e. The van der Waals surface area contributed by atoms with Gasteiger partial charge >= 0.3 is 0 Å². The van der Waals surface area contributed by atoms with Gasteiger partial charge in [0.2, 0.25) is 12.3 Å². The van der Waals surface area contributed by atoms with Crippen LogP contribution in [0, 0.1) is 0 Å². The van der Waals surface area contributed by atoms with Gasteiger partial charge in [0.05, 0.1) is 10.6 Å². The van der Waals surface area contributed by atoms with Crippen molar-refractivity contribution in [3.8, 4) is 0 Å². The molecule has 0 atom stereocenters. The molecule has 0 spiro atoms. The van der Waals surface area contributed by atoms with Crippen LogP contribution in [0.5, 0.6) is 0 Å². The Hall–Kier alpha value is -1.71. The van der Waals surface area contributed by atoms with Crippen LogP contribution in [0.4, 0.5) is 0 Å². The second-order valence-electron chi connectivity index (χ2n) is 3.97. The number of benzene rings is 1. The first-order chi connectivity index (χ1) is 9.10. The van der Waals surface area contributed by atoms with E-state index in [4.69, 9.17) is 23.2 Å². The Bertz CT molecular complexity index is 641. The molecule has 0 saturated heterocycles. The van der Waals surface area contributed by atoms with E-state index in [1.165, 1.54) is 6.07 Å². The van der Waals surface area contributed by atoms with Crippen LogP contribution >= 0.6 is 23.2 Å². The molecule has 0 unspecified atom stereocenters. The molecule has 0 amide bonds. The molecule has 1 heterocycles. The number of aldehydes is 1. The first-order valence-corrected chi connectivity index (χ1v) is 6.28. The van der Waals surface area contributed by atoms with Gasteiger partial charge in [0.1, 0.15) is 0 Å². The van der Waals surface area contributed by atoms with Crippen molar-refractivity contribution in [1.29, 1.82) is 0 Å². The molecule has 0 radical (unpaired) electrons. The summed E-state index contributed by atoms with van der Waals surface area (Å²) in [4.78, 5) is 22.8. The van der Waals surface area contributed by atoms with Gasteiger partial charge in [-0.1, -0.05) is 23.2 Å². The first-order valence-electron chi connectivity index (χ1n) is 5.52. The average molecular weight is 295 g/mol. The van der Waals surface area contributed by atoms with Crippen LogP contribution in [0.2, 0.25) is 10.0 Å². The van der Waals surface area contributed by atoms with Crippen molar-refractivity contribution in [3.63, 3.8) is 0 Å². The molecule has 0 aliphatic carbocycles. The highest BCUT2D eigenvalue weighted by atomic mass is 35.5. The molecule has 19 heavy (non-hydrogen) atoms. The SMILES string of the molecule is O=Cc1ccc[n+](CC(=O)c2ccc(Cl)cc2Cl)c1. The number of hydrogen-bond acceptors (Lipinski definition) is 2. The number of ketones is 1. The fourth-order valence-electron chi connectivity index (χ4n) is 1.68. The van der Waals surface area contributed by atoms with Gasteiger partial charge < -0.3 is 0 Å². The summed E-state index contributed by atoms with van der Waals surface area (Å²) in [5.41, 5.74) is 0.924. The summed E-state index contributed by atoms with van der Waals surface area (Å²) in [5, 5.41) is 0.807. The smallest absolute Gasteiger partial charge is 0.229 e. The Kier molecular flexibility index (Phi) is 4.30. The normalized spacial score (nSPS) is 10.2. The van der Waals surface area contributed by atoms with E-state index in [9.17, 15) is 9.59 Å². The molecule has 1 aromatic heterocycles. The van der Waals surface area contributed by atoms with E-state index in [-0.39, 0.29) is 12.3 Å². The van der Waals surface area contributed by atoms with Gasteiger partial charge in [-0.15, -0.1) is 0 Å². The summed E-state index contributed by atoms with van der Waals surface area (Å²) < 4.78 is 1.64. The molecule has 0 aliphatic rings. The number of Topliss-reactive ketones (excluding diaryl/α,β-unsaturated/α-hetero) is 1. The summed E-state index contributed by atoms with van der Waals surface area (Å²) in [6.45, 7) is 0.114. The third-order valence-corrected chi connectivity index (χ3v) is 3.12. The van der Waals surface area contributed by atoms with E-state index >= 15 is 0 Å². The van der Waals surface area contributed by atoms with E-state index in [1.54, 1.807) is 41.2 Å². The van der Waals surface area contributed by atoms with E-state index in [2.05, 4.69) is 0 Å². The molecular weight excluding hydrogens is 285 g/mol. The third kappa shape index (κ3) is 3.40. The fourth-order valence-corrected chi connectivity index (χ4v) is 2.19. The molecule has 0 N–H and O–H groups in total. The second-order valence-corrected chi connectivity index (χ2v) is 4.82. The summed E-state index contributed by atoms with van der Waals surface area (Å²) in [6, 6.07) is 8.12. The number of carbonyl (C=O) groups excluding carboxylic acids is 2. The fraction of sp³-hybridized carbons (Fsp3) is 0.0714. The lowest BCUT2D eigenvalue weighted by molar-refractivity contribution is -0.683. The largest absolute Gasteiger partial charge is 0.298 e. The van der Waals surface area contributed by atoms with Gasteiger partial charge in [-0.3, -0.25) is 9.59 Å². The van der Waals surface area contributed by atoms with Crippen LogP contribution in [0.1, 0.15) is 20.7 Å². The van der Waals surface area contributed by atoms with Gasteiger partial charge in [-0.2, -0.15) is 4.57 Å². The number of hydrogen-bond donors (Lipinski definition) is 0. The summed E-state index contributed by atoms with van der Waals surface area (Å²) in [5.74, 6) is -0.144. The summed E-state index contributed by atoms with van der Waals surface area (Å²) in [6.07, 6.45) is 4.06. The minimum atomic E-state index is -0.144. The predicted octanol–water partition coefficient (Wildman–Crippen LogP) is 2.98. The monoisotopic (exact) mass is 294 g/mol. The van der Waals surface area contributed by atoms with E-state index < -0.39 is 0 Å². The molecule has 0 aliphatic heterocycles. The van der Waals surface area contributed by atoms with Crippen LogP contribution in [-0.2, 0) is 6.54 Å². The number of aromatic nitrogens is 1. The van der Waals surface area contributed by atoms with E-state index in [0.717, 1.165) is 6.29 Å². The first kappa shape index (κ1) is 13.7. The summed E-state index contributed by atoms with van der Waals surface area (Å²) in [7, 11) is 0. The van der Waals surface area contributed by atoms with Crippen molar-refractivity contribution in [1.82, 2.24) is 0 Å². The molecule has 1 aromatic carbocycles. The Morgan fingerprint density at radius 2 is 2.05 bits per heavy atom. The highest BCUT2D eigenvalue weighted by molar-refractivity contribution is 6.36. The number of rotatable bonds is 4. The maximum atomic E-state index is 12.1. The van der Waals surface area contributed by atoms with Gasteiger partial charge in [-0.25, -0.2) is 0 Å². The topological polar surface area (TPSA) is 38.0 Å². The Morgan fingerprint density at radius 3 is 2.74 bits per heavy atom. The Morgan fingerprint density at radius 1 is 1.26 bits per heavy atom. The van der Waals surface area contributed by atoms with E-state index in [0.29, 0.717) is 21.2 Å². The van der Waals surface area contributed by atoms with Crippen molar-refractivity contribution in [2.75, 3.05) is 0 Å². The Balaban J connectivity index is 2.22. The Labute approximate surface area is 120 Å². The van der Waals surface area contributed by atoms with Gasteiger partial charge in [-0.05, 0) is 24.3 Å². The predicted molar refractivity (Wildman–Crippen MR) is 72.8 cm³/mol. The molecule has 5 heteroatoms. The van der Waals surface area contributed by atoms with Gasteiger partial charge in [0.15, 0.2) is 18.7 Å². The molecule has 3 nitrogen and oxygen atoms in total. The minimum Gasteiger partial charge on any atom is -0.298 e. The highest BCUT2D eigenvalue weighted by Crippen LogP contribution is 2.21. The second kappa shape index (κ2) is 5.95. The molecule has 2 rings (SSSR count). The van der Waals surface area contributed by atoms with Crippen molar-refractivity contribution in [2.24, 2.45) is 0 Å². The zero-order chi connectivity index (χ0) is 13.8. The zero-order valence-corrected chi connectivity index (χ0v) is 11.4. The van der Waals surface area contributed by atoms with Crippen molar-refractivity contribution in [3.05, 3.63) is 63.9 Å². The van der Waals surface area contributed by atoms with Crippen molar-refractivity contribution >= 4 is 35.3 Å². The van der Waals surface area contributed by atoms with Crippen molar-refractivity contribution < 1.29 is 14.2 Å². The standard InChI is InChI=1S/C14H10Cl2NO2/c15-11-3-4-12(13(16)6-11)14(19)8-17-5-1-2-10(7-17)9-18/h1-7,9H,8H2/q+1. The average Bonchev–Trinajstić information content (AvgIpc) is 2.38. The van der Waals surface area contributed by atoms with E-state index in [1.807, 2.05) is 0 Å². The van der Waals surface area contributed by atoms with Gasteiger partial charge in [0, 0.05) is 16.7 Å². The number of carbonyl (C=O) groups is 2. The maximum absolute atomic E-state index is 12.1. The highest BCUT2D eigenvalue weighted by Gasteiger charge is 2.15. The zero-order valence-electron chi connectivity index (χ0n) is 9.85. The molecular formula is C14H10Cl2NO2+. The molecule has 0 saturated carbocycles. The molecule has 2 aromatic rings.